The van der Waals surface area contributed by atoms with Gasteiger partial charge in [-0.25, -0.2) is 0 Å². The fourth-order valence-electron chi connectivity index (χ4n) is 0.831. The van der Waals surface area contributed by atoms with Crippen molar-refractivity contribution in [2.45, 2.75) is 24.2 Å². The molecule has 1 aliphatic rings. The third-order valence-corrected chi connectivity index (χ3v) is 1.96. The van der Waals surface area contributed by atoms with Crippen LogP contribution in [0.15, 0.2) is 0 Å². The van der Waals surface area contributed by atoms with Crippen LogP contribution in [0.4, 0.5) is 0 Å². The zero-order valence-corrected chi connectivity index (χ0v) is 6.14. The van der Waals surface area contributed by atoms with Crippen molar-refractivity contribution in [3.63, 3.8) is 0 Å². The molecule has 0 aliphatic carbocycles. The molecule has 0 radical (unpaired) electrons. The highest BCUT2D eigenvalue weighted by Gasteiger charge is 2.70. The lowest BCUT2D eigenvalue weighted by atomic mass is 9.95. The van der Waals surface area contributed by atoms with Crippen molar-refractivity contribution < 1.29 is 30.3 Å². The van der Waals surface area contributed by atoms with E-state index in [4.69, 9.17) is 25.5 Å². The second-order valence-corrected chi connectivity index (χ2v) is 2.87. The van der Waals surface area contributed by atoms with Gasteiger partial charge in [-0.1, -0.05) is 0 Å². The standard InChI is InChI=1S/C5H9NO6/c1-3(8)4(9,10)2(7)6-5(3,11)12/h8-12H,1H3,(H,6,7). The number of aliphatic hydroxyl groups is 5. The highest BCUT2D eigenvalue weighted by molar-refractivity contribution is 5.88. The van der Waals surface area contributed by atoms with Gasteiger partial charge < -0.3 is 25.5 Å². The molecule has 0 aromatic rings. The van der Waals surface area contributed by atoms with E-state index in [1.54, 1.807) is 0 Å². The first-order chi connectivity index (χ1) is 5.13. The monoisotopic (exact) mass is 179 g/mol. The molecule has 0 spiro atoms. The fraction of sp³-hybridized carbons (Fsp3) is 0.800. The zero-order chi connectivity index (χ0) is 9.78. The third kappa shape index (κ3) is 0.793. The quantitative estimate of drug-likeness (QED) is 0.211. The van der Waals surface area contributed by atoms with E-state index in [1.807, 2.05) is 0 Å². The minimum absolute atomic E-state index is 0.699. The molecular formula is C5H9NO6. The van der Waals surface area contributed by atoms with Crippen molar-refractivity contribution in [3.05, 3.63) is 0 Å². The van der Waals surface area contributed by atoms with Gasteiger partial charge in [0.15, 0.2) is 5.60 Å². The lowest BCUT2D eigenvalue weighted by Crippen LogP contribution is -2.62. The van der Waals surface area contributed by atoms with Crippen LogP contribution in [0.2, 0.25) is 0 Å². The fourth-order valence-corrected chi connectivity index (χ4v) is 0.831. The van der Waals surface area contributed by atoms with Crippen LogP contribution in [-0.2, 0) is 4.79 Å². The number of rotatable bonds is 0. The summed E-state index contributed by atoms with van der Waals surface area (Å²) in [7, 11) is 0. The predicted octanol–water partition coefficient (Wildman–Crippen LogP) is -3.81. The second kappa shape index (κ2) is 1.95. The topological polar surface area (TPSA) is 130 Å². The van der Waals surface area contributed by atoms with Gasteiger partial charge in [-0.15, -0.1) is 0 Å². The van der Waals surface area contributed by atoms with Gasteiger partial charge in [-0.2, -0.15) is 0 Å². The number of carbonyl (C=O) groups is 1. The molecule has 7 heteroatoms. The van der Waals surface area contributed by atoms with Crippen LogP contribution in [0.3, 0.4) is 0 Å². The Morgan fingerprint density at radius 2 is 1.58 bits per heavy atom. The Morgan fingerprint density at radius 1 is 1.17 bits per heavy atom. The van der Waals surface area contributed by atoms with E-state index >= 15 is 0 Å². The van der Waals surface area contributed by atoms with Crippen LogP contribution in [0.1, 0.15) is 6.92 Å². The summed E-state index contributed by atoms with van der Waals surface area (Å²) in [5.74, 6) is -7.73. The normalized spacial score (nSPS) is 38.0. The first kappa shape index (κ1) is 9.36. The number of amides is 1. The molecule has 1 rings (SSSR count). The Balaban J connectivity index is 3.19. The van der Waals surface area contributed by atoms with Crippen molar-refractivity contribution in [1.82, 2.24) is 5.32 Å². The average molecular weight is 179 g/mol. The number of hydrogen-bond donors (Lipinski definition) is 6. The van der Waals surface area contributed by atoms with Crippen LogP contribution in [-0.4, -0.2) is 48.7 Å². The van der Waals surface area contributed by atoms with Crippen molar-refractivity contribution in [3.8, 4) is 0 Å². The summed E-state index contributed by atoms with van der Waals surface area (Å²) in [4.78, 5) is 10.6. The maximum Gasteiger partial charge on any atom is 0.287 e. The Bertz CT molecular complexity index is 232. The minimum atomic E-state index is -3.21. The molecular weight excluding hydrogens is 170 g/mol. The molecule has 1 heterocycles. The van der Waals surface area contributed by atoms with E-state index in [0.717, 1.165) is 0 Å². The molecule has 1 saturated heterocycles. The van der Waals surface area contributed by atoms with Crippen molar-refractivity contribution in [2.24, 2.45) is 0 Å². The van der Waals surface area contributed by atoms with Gasteiger partial charge in [-0.05, 0) is 6.92 Å². The summed E-state index contributed by atoms with van der Waals surface area (Å²) >= 11 is 0. The SMILES string of the molecule is CC1(O)C(O)(O)NC(=O)C1(O)O. The summed E-state index contributed by atoms with van der Waals surface area (Å²) in [5, 5.41) is 46.1. The molecule has 1 aliphatic heterocycles. The molecule has 7 nitrogen and oxygen atoms in total. The smallest absolute Gasteiger partial charge is 0.287 e. The minimum Gasteiger partial charge on any atom is -0.377 e. The lowest BCUT2D eigenvalue weighted by molar-refractivity contribution is -0.334. The van der Waals surface area contributed by atoms with Gasteiger partial charge >= 0.3 is 0 Å². The van der Waals surface area contributed by atoms with Crippen LogP contribution in [0.25, 0.3) is 0 Å². The van der Waals surface area contributed by atoms with Crippen molar-refractivity contribution >= 4 is 5.91 Å². The molecule has 0 bridgehead atoms. The zero-order valence-electron chi connectivity index (χ0n) is 6.14. The first-order valence-electron chi connectivity index (χ1n) is 3.07. The molecule has 1 fully saturated rings. The highest BCUT2D eigenvalue weighted by atomic mass is 16.6. The number of carbonyl (C=O) groups excluding carboxylic acids is 1. The molecule has 1 unspecified atom stereocenters. The van der Waals surface area contributed by atoms with Crippen molar-refractivity contribution in [1.29, 1.82) is 0 Å². The predicted molar refractivity (Wildman–Crippen MR) is 33.1 cm³/mol. The second-order valence-electron chi connectivity index (χ2n) is 2.87. The summed E-state index contributed by atoms with van der Waals surface area (Å²) in [6.45, 7) is 0.699. The maximum atomic E-state index is 10.6. The molecule has 0 aromatic carbocycles. The lowest BCUT2D eigenvalue weighted by Gasteiger charge is -2.32. The maximum absolute atomic E-state index is 10.6. The molecule has 12 heavy (non-hydrogen) atoms. The van der Waals surface area contributed by atoms with E-state index in [-0.39, 0.29) is 0 Å². The summed E-state index contributed by atoms with van der Waals surface area (Å²) < 4.78 is 0. The highest BCUT2D eigenvalue weighted by Crippen LogP contribution is 2.34. The van der Waals surface area contributed by atoms with Crippen LogP contribution < -0.4 is 5.32 Å². The van der Waals surface area contributed by atoms with E-state index < -0.39 is 23.2 Å². The van der Waals surface area contributed by atoms with E-state index in [9.17, 15) is 4.79 Å². The van der Waals surface area contributed by atoms with E-state index in [2.05, 4.69) is 0 Å². The van der Waals surface area contributed by atoms with Crippen LogP contribution >= 0.6 is 0 Å². The Morgan fingerprint density at radius 3 is 1.67 bits per heavy atom. The largest absolute Gasteiger partial charge is 0.377 e. The van der Waals surface area contributed by atoms with E-state index in [1.165, 1.54) is 5.32 Å². The van der Waals surface area contributed by atoms with Gasteiger partial charge in [0.25, 0.3) is 17.6 Å². The van der Waals surface area contributed by atoms with Crippen LogP contribution in [0, 0.1) is 0 Å². The first-order valence-corrected chi connectivity index (χ1v) is 3.07. The van der Waals surface area contributed by atoms with E-state index in [0.29, 0.717) is 6.92 Å². The summed E-state index contributed by atoms with van der Waals surface area (Å²) in [6.07, 6.45) is 0. The third-order valence-electron chi connectivity index (χ3n) is 1.96. The molecule has 1 amide bonds. The van der Waals surface area contributed by atoms with Gasteiger partial charge in [0.2, 0.25) is 0 Å². The van der Waals surface area contributed by atoms with Gasteiger partial charge in [-0.3, -0.25) is 10.1 Å². The summed E-state index contributed by atoms with van der Waals surface area (Å²) in [5.41, 5.74) is -2.78. The molecule has 1 atom stereocenters. The molecule has 70 valence electrons. The van der Waals surface area contributed by atoms with Gasteiger partial charge in [0.1, 0.15) is 0 Å². The molecule has 0 aromatic heterocycles. The Kier molecular flexibility index (Phi) is 1.52. The molecule has 6 N–H and O–H groups in total. The van der Waals surface area contributed by atoms with Crippen LogP contribution in [0.5, 0.6) is 0 Å². The molecule has 0 saturated carbocycles. The Hall–Kier alpha value is -0.730. The van der Waals surface area contributed by atoms with Crippen molar-refractivity contribution in [2.75, 3.05) is 0 Å². The summed E-state index contributed by atoms with van der Waals surface area (Å²) in [6, 6.07) is 0. The average Bonchev–Trinajstić information content (AvgIpc) is 1.92. The Labute approximate surface area is 66.9 Å². The number of hydrogen-bond acceptors (Lipinski definition) is 6. The van der Waals surface area contributed by atoms with Gasteiger partial charge in [0, 0.05) is 0 Å². The number of nitrogens with one attached hydrogen (secondary N) is 1. The van der Waals surface area contributed by atoms with Gasteiger partial charge in [0.05, 0.1) is 0 Å².